The molecule has 1 saturated carbocycles. The van der Waals surface area contributed by atoms with E-state index >= 15 is 0 Å². The van der Waals surface area contributed by atoms with Crippen LogP contribution in [-0.2, 0) is 0 Å². The Hall–Kier alpha value is -0.970. The normalized spacial score (nSPS) is 23.9. The lowest BCUT2D eigenvalue weighted by Gasteiger charge is -2.21. The van der Waals surface area contributed by atoms with Crippen molar-refractivity contribution in [1.29, 1.82) is 0 Å². The molecule has 2 unspecified atom stereocenters. The van der Waals surface area contributed by atoms with Gasteiger partial charge in [-0.2, -0.15) is 11.8 Å². The summed E-state index contributed by atoms with van der Waals surface area (Å²) < 4.78 is 26.4. The van der Waals surface area contributed by atoms with Crippen LogP contribution in [0.15, 0.2) is 12.1 Å². The first-order chi connectivity index (χ1) is 8.11. The Balaban J connectivity index is 2.18. The minimum absolute atomic E-state index is 0.00171. The van der Waals surface area contributed by atoms with Gasteiger partial charge in [0, 0.05) is 17.4 Å². The van der Waals surface area contributed by atoms with E-state index in [0.717, 1.165) is 25.3 Å². The van der Waals surface area contributed by atoms with Gasteiger partial charge in [-0.25, -0.2) is 8.78 Å². The summed E-state index contributed by atoms with van der Waals surface area (Å²) in [6.07, 6.45) is 5.35. The molecule has 0 bridgehead atoms. The van der Waals surface area contributed by atoms with Crippen LogP contribution in [0.3, 0.4) is 0 Å². The Morgan fingerprint density at radius 1 is 1.35 bits per heavy atom. The zero-order chi connectivity index (χ0) is 12.4. The highest BCUT2D eigenvalue weighted by atomic mass is 32.2. The van der Waals surface area contributed by atoms with Gasteiger partial charge in [0.1, 0.15) is 5.82 Å². The van der Waals surface area contributed by atoms with Gasteiger partial charge in [0.25, 0.3) is 0 Å². The molecular formula is C12H16F2N2S. The maximum atomic E-state index is 13.3. The molecule has 0 saturated heterocycles. The number of thioether (sulfide) groups is 1. The van der Waals surface area contributed by atoms with Gasteiger partial charge >= 0.3 is 0 Å². The minimum Gasteiger partial charge on any atom is -0.395 e. The lowest BCUT2D eigenvalue weighted by molar-refractivity contribution is 0.586. The standard InChI is InChI=1S/C12H16F2N2S/c1-17-11-4-2-3-9(11)16-10-6-7(13)5-8(14)12(10)15/h5-6,9,11,16H,2-4,15H2,1H3. The highest BCUT2D eigenvalue weighted by molar-refractivity contribution is 7.99. The molecule has 94 valence electrons. The summed E-state index contributed by atoms with van der Waals surface area (Å²) in [5.41, 5.74) is 5.97. The summed E-state index contributed by atoms with van der Waals surface area (Å²) in [5.74, 6) is -1.30. The molecule has 0 heterocycles. The molecule has 0 radical (unpaired) electrons. The lowest BCUT2D eigenvalue weighted by Crippen LogP contribution is -2.26. The highest BCUT2D eigenvalue weighted by Crippen LogP contribution is 2.33. The second-order valence-corrected chi connectivity index (χ2v) is 5.38. The Labute approximate surface area is 104 Å². The fraction of sp³-hybridized carbons (Fsp3) is 0.500. The summed E-state index contributed by atoms with van der Waals surface area (Å²) in [6.45, 7) is 0. The first kappa shape index (κ1) is 12.5. The van der Waals surface area contributed by atoms with Crippen LogP contribution >= 0.6 is 11.8 Å². The van der Waals surface area contributed by atoms with Crippen LogP contribution in [0.25, 0.3) is 0 Å². The molecule has 2 atom stereocenters. The van der Waals surface area contributed by atoms with Crippen LogP contribution in [0.2, 0.25) is 0 Å². The molecule has 3 N–H and O–H groups in total. The van der Waals surface area contributed by atoms with Gasteiger partial charge in [-0.05, 0) is 25.2 Å². The molecule has 1 aliphatic carbocycles. The van der Waals surface area contributed by atoms with E-state index in [9.17, 15) is 8.78 Å². The fourth-order valence-corrected chi connectivity index (χ4v) is 3.21. The molecule has 1 aromatic carbocycles. The average Bonchev–Trinajstić information content (AvgIpc) is 2.72. The van der Waals surface area contributed by atoms with Crippen molar-refractivity contribution in [2.75, 3.05) is 17.3 Å². The summed E-state index contributed by atoms with van der Waals surface area (Å²) >= 11 is 1.78. The molecule has 17 heavy (non-hydrogen) atoms. The number of nitrogens with two attached hydrogens (primary N) is 1. The second kappa shape index (κ2) is 5.12. The molecule has 1 aliphatic rings. The van der Waals surface area contributed by atoms with Gasteiger partial charge < -0.3 is 11.1 Å². The molecule has 2 rings (SSSR count). The minimum atomic E-state index is -0.703. The molecule has 2 nitrogen and oxygen atoms in total. The van der Waals surface area contributed by atoms with Crippen molar-refractivity contribution in [2.45, 2.75) is 30.6 Å². The van der Waals surface area contributed by atoms with Crippen LogP contribution < -0.4 is 11.1 Å². The summed E-state index contributed by atoms with van der Waals surface area (Å²) in [7, 11) is 0. The second-order valence-electron chi connectivity index (χ2n) is 4.30. The topological polar surface area (TPSA) is 38.0 Å². The number of anilines is 2. The van der Waals surface area contributed by atoms with E-state index < -0.39 is 11.6 Å². The number of benzene rings is 1. The van der Waals surface area contributed by atoms with Crippen LogP contribution in [-0.4, -0.2) is 17.5 Å². The third-order valence-electron chi connectivity index (χ3n) is 3.19. The number of nitrogens with one attached hydrogen (secondary N) is 1. The summed E-state index contributed by atoms with van der Waals surface area (Å²) in [4.78, 5) is 0. The van der Waals surface area contributed by atoms with Crippen LogP contribution in [0.1, 0.15) is 19.3 Å². The molecule has 0 aliphatic heterocycles. The number of hydrogen-bond acceptors (Lipinski definition) is 3. The van der Waals surface area contributed by atoms with Gasteiger partial charge in [-0.1, -0.05) is 6.42 Å². The molecule has 0 spiro atoms. The largest absolute Gasteiger partial charge is 0.395 e. The van der Waals surface area contributed by atoms with Crippen molar-refractivity contribution >= 4 is 23.1 Å². The van der Waals surface area contributed by atoms with E-state index in [-0.39, 0.29) is 11.7 Å². The summed E-state index contributed by atoms with van der Waals surface area (Å²) in [5, 5.41) is 3.65. The van der Waals surface area contributed by atoms with Crippen molar-refractivity contribution < 1.29 is 8.78 Å². The Morgan fingerprint density at radius 2 is 2.12 bits per heavy atom. The Bertz CT molecular complexity index is 412. The third kappa shape index (κ3) is 2.65. The monoisotopic (exact) mass is 258 g/mol. The quantitative estimate of drug-likeness (QED) is 0.817. The maximum absolute atomic E-state index is 13.3. The van der Waals surface area contributed by atoms with E-state index in [1.807, 2.05) is 0 Å². The molecule has 0 aromatic heterocycles. The van der Waals surface area contributed by atoms with E-state index in [0.29, 0.717) is 10.9 Å². The Kier molecular flexibility index (Phi) is 3.76. The first-order valence-electron chi connectivity index (χ1n) is 5.65. The molecule has 1 aromatic rings. The maximum Gasteiger partial charge on any atom is 0.151 e. The van der Waals surface area contributed by atoms with Crippen molar-refractivity contribution in [2.24, 2.45) is 0 Å². The zero-order valence-electron chi connectivity index (χ0n) is 9.67. The first-order valence-corrected chi connectivity index (χ1v) is 6.94. The van der Waals surface area contributed by atoms with Gasteiger partial charge in [-0.15, -0.1) is 0 Å². The molecular weight excluding hydrogens is 242 g/mol. The zero-order valence-corrected chi connectivity index (χ0v) is 10.5. The van der Waals surface area contributed by atoms with E-state index in [2.05, 4.69) is 11.6 Å². The third-order valence-corrected chi connectivity index (χ3v) is 4.36. The van der Waals surface area contributed by atoms with E-state index in [4.69, 9.17) is 5.73 Å². The average molecular weight is 258 g/mol. The van der Waals surface area contributed by atoms with Gasteiger partial charge in [-0.3, -0.25) is 0 Å². The van der Waals surface area contributed by atoms with E-state index in [1.54, 1.807) is 11.8 Å². The van der Waals surface area contributed by atoms with Gasteiger partial charge in [0.2, 0.25) is 0 Å². The van der Waals surface area contributed by atoms with Crippen molar-refractivity contribution in [1.82, 2.24) is 0 Å². The molecule has 0 amide bonds. The van der Waals surface area contributed by atoms with Crippen molar-refractivity contribution in [3.63, 3.8) is 0 Å². The fourth-order valence-electron chi connectivity index (χ4n) is 2.28. The predicted octanol–water partition coefficient (Wildman–Crippen LogP) is 3.24. The van der Waals surface area contributed by atoms with Gasteiger partial charge in [0.05, 0.1) is 11.4 Å². The summed E-state index contributed by atoms with van der Waals surface area (Å²) in [6, 6.07) is 2.31. The van der Waals surface area contributed by atoms with Crippen molar-refractivity contribution in [3.8, 4) is 0 Å². The molecule has 1 fully saturated rings. The number of rotatable bonds is 3. The SMILES string of the molecule is CSC1CCCC1Nc1cc(F)cc(F)c1N. The van der Waals surface area contributed by atoms with Gasteiger partial charge in [0.15, 0.2) is 5.82 Å². The lowest BCUT2D eigenvalue weighted by atomic mass is 10.2. The van der Waals surface area contributed by atoms with E-state index in [1.165, 1.54) is 6.07 Å². The van der Waals surface area contributed by atoms with Crippen LogP contribution in [0.4, 0.5) is 20.2 Å². The molecule has 5 heteroatoms. The van der Waals surface area contributed by atoms with Crippen molar-refractivity contribution in [3.05, 3.63) is 23.8 Å². The van der Waals surface area contributed by atoms with Crippen LogP contribution in [0.5, 0.6) is 0 Å². The van der Waals surface area contributed by atoms with Crippen LogP contribution in [0, 0.1) is 11.6 Å². The number of hydrogen-bond donors (Lipinski definition) is 2. The smallest absolute Gasteiger partial charge is 0.151 e. The predicted molar refractivity (Wildman–Crippen MR) is 69.3 cm³/mol. The highest BCUT2D eigenvalue weighted by Gasteiger charge is 2.27. The number of halogens is 2. The number of nitrogen functional groups attached to an aromatic ring is 1. The Morgan fingerprint density at radius 3 is 2.82 bits per heavy atom.